The third kappa shape index (κ3) is 6.54. The third-order valence-corrected chi connectivity index (χ3v) is 7.29. The van der Waals surface area contributed by atoms with Gasteiger partial charge in [0.2, 0.25) is 5.91 Å². The van der Waals surface area contributed by atoms with Crippen molar-refractivity contribution in [3.05, 3.63) is 84.4 Å². The molecule has 0 saturated carbocycles. The Balaban J connectivity index is 1.94. The summed E-state index contributed by atoms with van der Waals surface area (Å²) < 4.78 is 39.1. The molecule has 35 heavy (non-hydrogen) atoms. The lowest BCUT2D eigenvalue weighted by Gasteiger charge is -2.27. The molecule has 1 amide bonds. The van der Waals surface area contributed by atoms with E-state index in [1.807, 2.05) is 30.3 Å². The minimum absolute atomic E-state index is 0.00593. The quantitative estimate of drug-likeness (QED) is 0.412. The Kier molecular flexibility index (Phi) is 8.76. The number of rotatable bonds is 11. The molecule has 0 spiro atoms. The molecule has 0 radical (unpaired) electrons. The van der Waals surface area contributed by atoms with Crippen LogP contribution in [0.5, 0.6) is 11.5 Å². The van der Waals surface area contributed by atoms with Gasteiger partial charge in [-0.15, -0.1) is 0 Å². The number of methoxy groups -OCH3 is 2. The van der Waals surface area contributed by atoms with Crippen molar-refractivity contribution < 1.29 is 22.7 Å². The lowest BCUT2D eigenvalue weighted by Crippen LogP contribution is -2.42. The second-order valence-corrected chi connectivity index (χ2v) is 10.4. The van der Waals surface area contributed by atoms with E-state index in [0.717, 1.165) is 16.3 Å². The maximum atomic E-state index is 13.7. The summed E-state index contributed by atoms with van der Waals surface area (Å²) in [4.78, 5) is 13.2. The summed E-state index contributed by atoms with van der Waals surface area (Å²) in [5.41, 5.74) is 1.36. The number of nitrogens with zero attached hydrogens (tertiary/aromatic N) is 1. The smallest absolute Gasteiger partial charge is 0.264 e. The number of sulfonamides is 1. The van der Waals surface area contributed by atoms with Crippen molar-refractivity contribution in [2.75, 3.05) is 25.1 Å². The first kappa shape index (κ1) is 26.1. The summed E-state index contributed by atoms with van der Waals surface area (Å²) in [5, 5.41) is 3.04. The molecule has 0 aliphatic heterocycles. The van der Waals surface area contributed by atoms with E-state index in [0.29, 0.717) is 17.4 Å². The van der Waals surface area contributed by atoms with Crippen LogP contribution in [0.25, 0.3) is 0 Å². The van der Waals surface area contributed by atoms with E-state index in [9.17, 15) is 13.2 Å². The van der Waals surface area contributed by atoms with Gasteiger partial charge in [0.15, 0.2) is 11.5 Å². The SMILES string of the molecule is COc1ccc(S(=O)(=O)N(CC(=O)N[C@H](CC(C)C)c2ccccc2)c2ccccc2)cc1OC. The van der Waals surface area contributed by atoms with Crippen molar-refractivity contribution in [2.45, 2.75) is 31.2 Å². The Morgan fingerprint density at radius 2 is 1.49 bits per heavy atom. The predicted molar refractivity (Wildman–Crippen MR) is 137 cm³/mol. The van der Waals surface area contributed by atoms with Crippen LogP contribution in [0.15, 0.2) is 83.8 Å². The van der Waals surface area contributed by atoms with Gasteiger partial charge in [-0.05, 0) is 42.2 Å². The van der Waals surface area contributed by atoms with Gasteiger partial charge in [0.25, 0.3) is 10.0 Å². The number of para-hydroxylation sites is 1. The van der Waals surface area contributed by atoms with Crippen molar-refractivity contribution in [3.63, 3.8) is 0 Å². The molecule has 1 N–H and O–H groups in total. The van der Waals surface area contributed by atoms with Crippen molar-refractivity contribution >= 4 is 21.6 Å². The largest absolute Gasteiger partial charge is 0.493 e. The van der Waals surface area contributed by atoms with E-state index in [4.69, 9.17) is 9.47 Å². The fraction of sp³-hybridized carbons (Fsp3) is 0.296. The van der Waals surface area contributed by atoms with Crippen molar-refractivity contribution in [1.29, 1.82) is 0 Å². The van der Waals surface area contributed by atoms with Gasteiger partial charge in [0, 0.05) is 6.07 Å². The summed E-state index contributed by atoms with van der Waals surface area (Å²) in [5.74, 6) is 0.635. The van der Waals surface area contributed by atoms with Gasteiger partial charge in [0.05, 0.1) is 30.8 Å². The predicted octanol–water partition coefficient (Wildman–Crippen LogP) is 4.80. The molecular formula is C27H32N2O5S. The van der Waals surface area contributed by atoms with Crippen molar-refractivity contribution in [1.82, 2.24) is 5.32 Å². The standard InChI is InChI=1S/C27H32N2O5S/c1-20(2)17-24(21-11-7-5-8-12-21)28-27(30)19-29(22-13-9-6-10-14-22)35(31,32)23-15-16-25(33-3)26(18-23)34-4/h5-16,18,20,24H,17,19H2,1-4H3,(H,28,30)/t24-/m1/s1. The average molecular weight is 497 g/mol. The lowest BCUT2D eigenvalue weighted by molar-refractivity contribution is -0.120. The van der Waals surface area contributed by atoms with Gasteiger partial charge in [-0.2, -0.15) is 0 Å². The van der Waals surface area contributed by atoms with Gasteiger partial charge in [-0.3, -0.25) is 9.10 Å². The molecule has 3 aromatic rings. The highest BCUT2D eigenvalue weighted by Gasteiger charge is 2.29. The second-order valence-electron chi connectivity index (χ2n) is 8.52. The van der Waals surface area contributed by atoms with Crippen LogP contribution < -0.4 is 19.1 Å². The maximum absolute atomic E-state index is 13.7. The first-order valence-electron chi connectivity index (χ1n) is 11.4. The molecule has 0 unspecified atom stereocenters. The summed E-state index contributed by atoms with van der Waals surface area (Å²) in [7, 11) is -1.17. The topological polar surface area (TPSA) is 84.9 Å². The van der Waals surface area contributed by atoms with Crippen LogP contribution in [0, 0.1) is 5.92 Å². The van der Waals surface area contributed by atoms with Gasteiger partial charge in [0.1, 0.15) is 6.54 Å². The van der Waals surface area contributed by atoms with Gasteiger partial charge >= 0.3 is 0 Å². The summed E-state index contributed by atoms with van der Waals surface area (Å²) >= 11 is 0. The van der Waals surface area contributed by atoms with Gasteiger partial charge in [-0.25, -0.2) is 8.42 Å². The zero-order valence-corrected chi connectivity index (χ0v) is 21.3. The normalized spacial score (nSPS) is 12.1. The van der Waals surface area contributed by atoms with Crippen LogP contribution in [-0.2, 0) is 14.8 Å². The van der Waals surface area contributed by atoms with E-state index in [1.165, 1.54) is 32.4 Å². The molecule has 0 aliphatic rings. The zero-order valence-electron chi connectivity index (χ0n) is 20.5. The van der Waals surface area contributed by atoms with E-state index in [2.05, 4.69) is 19.2 Å². The summed E-state index contributed by atoms with van der Waals surface area (Å²) in [6, 6.07) is 22.4. The summed E-state index contributed by atoms with van der Waals surface area (Å²) in [6.45, 7) is 3.79. The van der Waals surface area contributed by atoms with Crippen LogP contribution in [0.3, 0.4) is 0 Å². The molecule has 0 aromatic heterocycles. The lowest BCUT2D eigenvalue weighted by atomic mass is 9.97. The number of hydrogen-bond donors (Lipinski definition) is 1. The number of nitrogens with one attached hydrogen (secondary N) is 1. The number of benzene rings is 3. The Labute approximate surface area is 207 Å². The van der Waals surface area contributed by atoms with Gasteiger partial charge < -0.3 is 14.8 Å². The minimum Gasteiger partial charge on any atom is -0.493 e. The minimum atomic E-state index is -4.09. The van der Waals surface area contributed by atoms with Crippen LogP contribution in [0.4, 0.5) is 5.69 Å². The Hall–Kier alpha value is -3.52. The molecule has 7 nitrogen and oxygen atoms in total. The maximum Gasteiger partial charge on any atom is 0.264 e. The molecule has 0 aliphatic carbocycles. The molecular weight excluding hydrogens is 464 g/mol. The number of amides is 1. The Bertz CT molecular complexity index is 1210. The Morgan fingerprint density at radius 1 is 0.886 bits per heavy atom. The number of carbonyl (C=O) groups is 1. The number of ether oxygens (including phenoxy) is 2. The van der Waals surface area contributed by atoms with E-state index < -0.39 is 15.9 Å². The van der Waals surface area contributed by atoms with Crippen LogP contribution in [0.1, 0.15) is 31.9 Å². The number of hydrogen-bond acceptors (Lipinski definition) is 5. The molecule has 8 heteroatoms. The molecule has 3 aromatic carbocycles. The van der Waals surface area contributed by atoms with Crippen molar-refractivity contribution in [2.24, 2.45) is 5.92 Å². The molecule has 0 saturated heterocycles. The number of anilines is 1. The van der Waals surface area contributed by atoms with Crippen LogP contribution in [-0.4, -0.2) is 35.1 Å². The van der Waals surface area contributed by atoms with Gasteiger partial charge in [-0.1, -0.05) is 62.4 Å². The third-order valence-electron chi connectivity index (χ3n) is 5.52. The first-order valence-corrected chi connectivity index (χ1v) is 12.8. The monoisotopic (exact) mass is 496 g/mol. The Morgan fingerprint density at radius 3 is 2.06 bits per heavy atom. The molecule has 1 atom stereocenters. The molecule has 0 bridgehead atoms. The number of carbonyl (C=O) groups excluding carboxylic acids is 1. The molecule has 0 heterocycles. The first-order chi connectivity index (χ1) is 16.8. The molecule has 0 fully saturated rings. The highest BCUT2D eigenvalue weighted by molar-refractivity contribution is 7.92. The van der Waals surface area contributed by atoms with E-state index in [-0.39, 0.29) is 23.2 Å². The fourth-order valence-corrected chi connectivity index (χ4v) is 5.26. The van der Waals surface area contributed by atoms with E-state index in [1.54, 1.807) is 30.3 Å². The highest BCUT2D eigenvalue weighted by atomic mass is 32.2. The fourth-order valence-electron chi connectivity index (χ4n) is 3.82. The zero-order chi connectivity index (χ0) is 25.4. The van der Waals surface area contributed by atoms with Crippen LogP contribution >= 0.6 is 0 Å². The molecule has 3 rings (SSSR count). The summed E-state index contributed by atoms with van der Waals surface area (Å²) in [6.07, 6.45) is 0.726. The molecule has 186 valence electrons. The second kappa shape index (κ2) is 11.8. The van der Waals surface area contributed by atoms with E-state index >= 15 is 0 Å². The van der Waals surface area contributed by atoms with Crippen molar-refractivity contribution in [3.8, 4) is 11.5 Å². The average Bonchev–Trinajstić information content (AvgIpc) is 2.87. The van der Waals surface area contributed by atoms with Crippen LogP contribution in [0.2, 0.25) is 0 Å². The highest BCUT2D eigenvalue weighted by Crippen LogP contribution is 2.32.